The fraction of sp³-hybridized carbons (Fsp3) is 0.0909. The first-order valence-corrected chi connectivity index (χ1v) is 11.5. The number of methoxy groups -OCH3 is 1. The Morgan fingerprint density at radius 3 is 2.50 bits per heavy atom. The van der Waals surface area contributed by atoms with Crippen molar-refractivity contribution in [1.29, 1.82) is 0 Å². The van der Waals surface area contributed by atoms with Gasteiger partial charge in [0.2, 0.25) is 9.84 Å². The second-order valence-electron chi connectivity index (χ2n) is 6.88. The zero-order valence-corrected chi connectivity index (χ0v) is 19.2. The monoisotopic (exact) mass is 520 g/mol. The van der Waals surface area contributed by atoms with Crippen molar-refractivity contribution < 1.29 is 36.1 Å². The molecule has 0 aliphatic heterocycles. The lowest BCUT2D eigenvalue weighted by atomic mass is 10.2. The summed E-state index contributed by atoms with van der Waals surface area (Å²) in [7, 11) is -3.60. The summed E-state index contributed by atoms with van der Waals surface area (Å²) >= 11 is 0. The van der Waals surface area contributed by atoms with E-state index in [4.69, 9.17) is 9.15 Å². The lowest BCUT2D eigenvalue weighted by molar-refractivity contribution is -0.402. The molecule has 11 nitrogen and oxygen atoms in total. The molecule has 0 saturated heterocycles. The Hall–Kier alpha value is -4.59. The number of nitro groups is 1. The minimum atomic E-state index is -5.07. The molecule has 2 N–H and O–H groups in total. The number of benzene rings is 2. The number of sulfone groups is 1. The van der Waals surface area contributed by atoms with Crippen LogP contribution in [0.3, 0.4) is 0 Å². The predicted octanol–water partition coefficient (Wildman–Crippen LogP) is 4.37. The van der Waals surface area contributed by atoms with Crippen LogP contribution in [0.25, 0.3) is 6.08 Å². The van der Waals surface area contributed by atoms with Gasteiger partial charge in [0.15, 0.2) is 0 Å². The summed E-state index contributed by atoms with van der Waals surface area (Å²) < 4.78 is 61.1. The Labute approximate surface area is 203 Å². The number of nitrogens with one attached hydrogen (secondary N) is 2. The SMILES string of the molecule is COc1ccc(Nc2ccc(C(=O)N/N=C/C=C/c3ccc([N+](=O)[O-])o3)cc2S(=O)(=O)C(F)F)cc1. The van der Waals surface area contributed by atoms with E-state index in [9.17, 15) is 32.1 Å². The van der Waals surface area contributed by atoms with Gasteiger partial charge in [-0.1, -0.05) is 0 Å². The van der Waals surface area contributed by atoms with Crippen LogP contribution >= 0.6 is 0 Å². The van der Waals surface area contributed by atoms with E-state index >= 15 is 0 Å². The van der Waals surface area contributed by atoms with Crippen LogP contribution in [0, 0.1) is 10.1 Å². The zero-order chi connectivity index (χ0) is 26.3. The molecule has 14 heteroatoms. The third-order valence-electron chi connectivity index (χ3n) is 4.53. The van der Waals surface area contributed by atoms with Crippen molar-refractivity contribution in [2.24, 2.45) is 5.10 Å². The summed E-state index contributed by atoms with van der Waals surface area (Å²) in [5, 5.41) is 17.0. The Kier molecular flexibility index (Phi) is 8.11. The van der Waals surface area contributed by atoms with Gasteiger partial charge in [0.05, 0.1) is 23.8 Å². The minimum absolute atomic E-state index is 0.156. The van der Waals surface area contributed by atoms with Gasteiger partial charge in [-0.25, -0.2) is 13.8 Å². The molecule has 1 amide bonds. The van der Waals surface area contributed by atoms with Crippen LogP contribution in [0.5, 0.6) is 5.75 Å². The van der Waals surface area contributed by atoms with Gasteiger partial charge in [0.1, 0.15) is 16.4 Å². The number of carbonyl (C=O) groups excluding carboxylic acids is 1. The molecule has 2 aromatic carbocycles. The van der Waals surface area contributed by atoms with Gasteiger partial charge in [0, 0.05) is 17.5 Å². The molecule has 36 heavy (non-hydrogen) atoms. The average Bonchev–Trinajstić information content (AvgIpc) is 3.33. The molecule has 0 aliphatic rings. The predicted molar refractivity (Wildman–Crippen MR) is 126 cm³/mol. The van der Waals surface area contributed by atoms with Gasteiger partial charge >= 0.3 is 11.6 Å². The Balaban J connectivity index is 1.77. The number of hydrazone groups is 1. The third-order valence-corrected chi connectivity index (χ3v) is 5.95. The maximum absolute atomic E-state index is 13.3. The number of amides is 1. The first-order chi connectivity index (χ1) is 17.1. The van der Waals surface area contributed by atoms with Crippen molar-refractivity contribution in [3.63, 3.8) is 0 Å². The molecular formula is C22H18F2N4O7S. The number of allylic oxidation sites excluding steroid dienone is 1. The molecule has 188 valence electrons. The topological polar surface area (TPSA) is 153 Å². The first-order valence-electron chi connectivity index (χ1n) is 9.93. The number of furan rings is 1. The van der Waals surface area contributed by atoms with E-state index in [1.54, 1.807) is 24.3 Å². The molecular weight excluding hydrogens is 502 g/mol. The maximum atomic E-state index is 13.3. The zero-order valence-electron chi connectivity index (χ0n) is 18.4. The maximum Gasteiger partial charge on any atom is 0.433 e. The highest BCUT2D eigenvalue weighted by Gasteiger charge is 2.30. The molecule has 0 spiro atoms. The average molecular weight is 520 g/mol. The summed E-state index contributed by atoms with van der Waals surface area (Å²) in [5.74, 6) is -4.32. The summed E-state index contributed by atoms with van der Waals surface area (Å²) in [4.78, 5) is 21.5. The highest BCUT2D eigenvalue weighted by molar-refractivity contribution is 7.91. The number of hydrogen-bond acceptors (Lipinski definition) is 9. The van der Waals surface area contributed by atoms with Gasteiger partial charge in [0.25, 0.3) is 5.91 Å². The van der Waals surface area contributed by atoms with Crippen LogP contribution in [0.1, 0.15) is 16.1 Å². The molecule has 0 radical (unpaired) electrons. The van der Waals surface area contributed by atoms with Crippen LogP contribution in [0.4, 0.5) is 26.0 Å². The van der Waals surface area contributed by atoms with E-state index < -0.39 is 37.2 Å². The Morgan fingerprint density at radius 1 is 1.17 bits per heavy atom. The molecule has 0 bridgehead atoms. The van der Waals surface area contributed by atoms with E-state index in [0.717, 1.165) is 18.3 Å². The van der Waals surface area contributed by atoms with E-state index in [-0.39, 0.29) is 17.0 Å². The normalized spacial score (nSPS) is 11.8. The molecule has 0 saturated carbocycles. The van der Waals surface area contributed by atoms with Crippen LogP contribution in [0.15, 0.2) is 75.1 Å². The molecule has 3 aromatic rings. The van der Waals surface area contributed by atoms with Gasteiger partial charge in [-0.2, -0.15) is 13.9 Å². The van der Waals surface area contributed by atoms with E-state index in [0.29, 0.717) is 11.4 Å². The van der Waals surface area contributed by atoms with Crippen LogP contribution in [-0.4, -0.2) is 38.3 Å². The second kappa shape index (κ2) is 11.2. The van der Waals surface area contributed by atoms with Crippen LogP contribution in [-0.2, 0) is 9.84 Å². The van der Waals surface area contributed by atoms with Crippen molar-refractivity contribution >= 4 is 45.3 Å². The highest BCUT2D eigenvalue weighted by atomic mass is 32.2. The van der Waals surface area contributed by atoms with Gasteiger partial charge in [-0.3, -0.25) is 14.9 Å². The van der Waals surface area contributed by atoms with Gasteiger partial charge in [-0.05, 0) is 60.7 Å². The number of rotatable bonds is 10. The van der Waals surface area contributed by atoms with Crippen molar-refractivity contribution in [3.05, 3.63) is 82.1 Å². The number of nitrogens with zero attached hydrogens (tertiary/aromatic N) is 2. The van der Waals surface area contributed by atoms with Crippen molar-refractivity contribution in [2.75, 3.05) is 12.4 Å². The van der Waals surface area contributed by atoms with Crippen molar-refractivity contribution in [3.8, 4) is 5.75 Å². The number of ether oxygens (including phenoxy) is 1. The highest BCUT2D eigenvalue weighted by Crippen LogP contribution is 2.30. The summed E-state index contributed by atoms with van der Waals surface area (Å²) in [5.41, 5.74) is 2.13. The second-order valence-corrected chi connectivity index (χ2v) is 8.77. The van der Waals surface area contributed by atoms with Gasteiger partial charge < -0.3 is 14.5 Å². The van der Waals surface area contributed by atoms with Crippen molar-refractivity contribution in [2.45, 2.75) is 10.7 Å². The molecule has 3 rings (SSSR count). The summed E-state index contributed by atoms with van der Waals surface area (Å²) in [6.07, 6.45) is 3.79. The van der Waals surface area contributed by atoms with Crippen LogP contribution in [0.2, 0.25) is 0 Å². The molecule has 0 atom stereocenters. The molecule has 0 unspecified atom stereocenters. The van der Waals surface area contributed by atoms with E-state index in [2.05, 4.69) is 15.8 Å². The quantitative estimate of drug-likeness (QED) is 0.227. The molecule has 0 fully saturated rings. The number of carbonyl (C=O) groups is 1. The molecule has 1 heterocycles. The Bertz CT molecular complexity index is 1420. The molecule has 0 aliphatic carbocycles. The summed E-state index contributed by atoms with van der Waals surface area (Å²) in [6.45, 7) is 0. The number of alkyl halides is 2. The standard InChI is InChI=1S/C22H18F2N4O7S/c1-34-16-7-5-15(6-8-16)26-18-10-4-14(13-19(18)36(32,33)22(23)24)21(29)27-25-12-2-3-17-9-11-20(35-17)28(30)31/h2-13,22,26H,1H3,(H,27,29)/b3-2+,25-12+. The first kappa shape index (κ1) is 26.0. The number of anilines is 2. The van der Waals surface area contributed by atoms with Crippen molar-refractivity contribution in [1.82, 2.24) is 5.43 Å². The fourth-order valence-corrected chi connectivity index (χ4v) is 3.71. The van der Waals surface area contributed by atoms with E-state index in [1.165, 1.54) is 37.5 Å². The largest absolute Gasteiger partial charge is 0.497 e. The van der Waals surface area contributed by atoms with E-state index in [1.807, 2.05) is 0 Å². The van der Waals surface area contributed by atoms with Gasteiger partial charge in [-0.15, -0.1) is 0 Å². The molecule has 1 aromatic heterocycles. The lowest BCUT2D eigenvalue weighted by Gasteiger charge is -2.14. The summed E-state index contributed by atoms with van der Waals surface area (Å²) in [6, 6.07) is 12.0. The third kappa shape index (κ3) is 6.29. The minimum Gasteiger partial charge on any atom is -0.497 e. The van der Waals surface area contributed by atoms with Crippen LogP contribution < -0.4 is 15.5 Å². The number of halogens is 2. The number of hydrogen-bond donors (Lipinski definition) is 2. The smallest absolute Gasteiger partial charge is 0.433 e. The lowest BCUT2D eigenvalue weighted by Crippen LogP contribution is -2.19. The Morgan fingerprint density at radius 2 is 1.89 bits per heavy atom. The fourth-order valence-electron chi connectivity index (χ4n) is 2.80.